The monoisotopic (exact) mass is 142 g/mol. The zero-order valence-electron chi connectivity index (χ0n) is 6.03. The van der Waals surface area contributed by atoms with E-state index in [9.17, 15) is 5.11 Å². The fourth-order valence-electron chi connectivity index (χ4n) is 1.40. The van der Waals surface area contributed by atoms with Crippen molar-refractivity contribution in [3.63, 3.8) is 0 Å². The predicted molar refractivity (Wildman–Crippen MR) is 40.9 cm³/mol. The van der Waals surface area contributed by atoms with E-state index in [1.54, 1.807) is 0 Å². The molecule has 10 heavy (non-hydrogen) atoms. The minimum absolute atomic E-state index is 0.151. The second-order valence-corrected chi connectivity index (χ2v) is 2.77. The summed E-state index contributed by atoms with van der Waals surface area (Å²) in [6.07, 6.45) is 5.04. The summed E-state index contributed by atoms with van der Waals surface area (Å²) < 4.78 is 0. The highest BCUT2D eigenvalue weighted by atomic mass is 16.3. The summed E-state index contributed by atoms with van der Waals surface area (Å²) in [5, 5.41) is 9.19. The zero-order chi connectivity index (χ0) is 7.40. The van der Waals surface area contributed by atoms with Crippen molar-refractivity contribution in [2.75, 3.05) is 0 Å². The second-order valence-electron chi connectivity index (χ2n) is 2.77. The van der Waals surface area contributed by atoms with E-state index in [4.69, 9.17) is 5.73 Å². The van der Waals surface area contributed by atoms with Gasteiger partial charge in [-0.1, -0.05) is 0 Å². The first-order valence-corrected chi connectivity index (χ1v) is 3.74. The molecule has 0 amide bonds. The Morgan fingerprint density at radius 3 is 2.90 bits per heavy atom. The summed E-state index contributed by atoms with van der Waals surface area (Å²) >= 11 is 0. The number of hydrogen-bond acceptors (Lipinski definition) is 2. The Balaban J connectivity index is 2.32. The summed E-state index contributed by atoms with van der Waals surface area (Å²) in [5.74, 6) is 0. The van der Waals surface area contributed by atoms with E-state index in [0.29, 0.717) is 0 Å². The molecule has 0 aliphatic heterocycles. The summed E-state index contributed by atoms with van der Waals surface area (Å²) in [6.45, 7) is 0. The van der Waals surface area contributed by atoms with Crippen LogP contribution >= 0.6 is 0 Å². The highest BCUT2D eigenvalue weighted by molar-refractivity contribution is 5.51. The number of hydrogen-bond donors (Lipinski definition) is 2. The van der Waals surface area contributed by atoms with Crippen LogP contribution in [0, 0.1) is 0 Å². The maximum absolute atomic E-state index is 9.19. The van der Waals surface area contributed by atoms with E-state index in [1.807, 2.05) is 0 Å². The van der Waals surface area contributed by atoms with Gasteiger partial charge >= 0.3 is 0 Å². The molecule has 0 heterocycles. The van der Waals surface area contributed by atoms with Gasteiger partial charge in [0.2, 0.25) is 0 Å². The van der Waals surface area contributed by atoms with Crippen molar-refractivity contribution in [1.29, 1.82) is 0 Å². The van der Waals surface area contributed by atoms with Gasteiger partial charge in [0.05, 0.1) is 18.5 Å². The molecule has 2 atom stereocenters. The molecule has 1 rings (SSSR count). The molecule has 1 aliphatic rings. The molecule has 0 aromatic rings. The first-order chi connectivity index (χ1) is 4.83. The van der Waals surface area contributed by atoms with Gasteiger partial charge in [-0.05, 0) is 25.7 Å². The molecule has 3 nitrogen and oxygen atoms in total. The van der Waals surface area contributed by atoms with Crippen molar-refractivity contribution in [1.82, 2.24) is 0 Å². The lowest BCUT2D eigenvalue weighted by molar-refractivity contribution is 0.121. The molecule has 0 aromatic heterocycles. The fourth-order valence-corrected chi connectivity index (χ4v) is 1.40. The second kappa shape index (κ2) is 3.56. The average molecular weight is 142 g/mol. The quantitative estimate of drug-likeness (QED) is 0.408. The van der Waals surface area contributed by atoms with E-state index >= 15 is 0 Å². The first kappa shape index (κ1) is 7.54. The van der Waals surface area contributed by atoms with Crippen LogP contribution in [0.5, 0.6) is 0 Å². The molecular formula is C7H14N2O. The molecule has 1 saturated carbocycles. The van der Waals surface area contributed by atoms with Gasteiger partial charge in [0, 0.05) is 0 Å². The van der Waals surface area contributed by atoms with Gasteiger partial charge in [0.25, 0.3) is 0 Å². The van der Waals surface area contributed by atoms with E-state index in [1.165, 1.54) is 6.34 Å². The Labute approximate surface area is 61.0 Å². The number of aliphatic hydroxyl groups excluding tert-OH is 1. The van der Waals surface area contributed by atoms with Crippen LogP contribution in [-0.2, 0) is 0 Å². The predicted octanol–water partition coefficient (Wildman–Crippen LogP) is 0.277. The molecule has 1 fully saturated rings. The molecule has 3 heteroatoms. The lowest BCUT2D eigenvalue weighted by Gasteiger charge is -2.21. The van der Waals surface area contributed by atoms with Gasteiger partial charge in [-0.2, -0.15) is 0 Å². The highest BCUT2D eigenvalue weighted by Gasteiger charge is 2.18. The Morgan fingerprint density at radius 1 is 1.50 bits per heavy atom. The number of aliphatic imine (C=N–C) groups is 1. The van der Waals surface area contributed by atoms with E-state index in [2.05, 4.69) is 4.99 Å². The molecule has 0 spiro atoms. The topological polar surface area (TPSA) is 58.6 Å². The van der Waals surface area contributed by atoms with Crippen LogP contribution in [0.25, 0.3) is 0 Å². The van der Waals surface area contributed by atoms with Crippen LogP contribution in [0.3, 0.4) is 0 Å². The van der Waals surface area contributed by atoms with Gasteiger partial charge < -0.3 is 10.8 Å². The van der Waals surface area contributed by atoms with Gasteiger partial charge in [-0.25, -0.2) is 0 Å². The molecule has 3 N–H and O–H groups in total. The summed E-state index contributed by atoms with van der Waals surface area (Å²) in [7, 11) is 0. The van der Waals surface area contributed by atoms with Crippen molar-refractivity contribution < 1.29 is 5.11 Å². The van der Waals surface area contributed by atoms with Crippen LogP contribution < -0.4 is 5.73 Å². The van der Waals surface area contributed by atoms with Crippen LogP contribution in [0.1, 0.15) is 25.7 Å². The normalized spacial score (nSPS) is 34.9. The lowest BCUT2D eigenvalue weighted by atomic mass is 9.94. The van der Waals surface area contributed by atoms with Gasteiger partial charge in [0.1, 0.15) is 0 Å². The van der Waals surface area contributed by atoms with E-state index in [-0.39, 0.29) is 12.1 Å². The molecule has 0 saturated heterocycles. The minimum Gasteiger partial charge on any atom is -0.393 e. The Hall–Kier alpha value is -0.570. The minimum atomic E-state index is -0.151. The van der Waals surface area contributed by atoms with Crippen LogP contribution in [0.15, 0.2) is 4.99 Å². The zero-order valence-corrected chi connectivity index (χ0v) is 6.03. The van der Waals surface area contributed by atoms with Crippen LogP contribution in [0.4, 0.5) is 0 Å². The third-order valence-electron chi connectivity index (χ3n) is 1.92. The highest BCUT2D eigenvalue weighted by Crippen LogP contribution is 2.20. The van der Waals surface area contributed by atoms with Crippen molar-refractivity contribution in [3.05, 3.63) is 0 Å². The van der Waals surface area contributed by atoms with Crippen molar-refractivity contribution in [3.8, 4) is 0 Å². The Morgan fingerprint density at radius 2 is 2.30 bits per heavy atom. The summed E-state index contributed by atoms with van der Waals surface area (Å²) in [6, 6.07) is 0.272. The molecular weight excluding hydrogens is 128 g/mol. The van der Waals surface area contributed by atoms with E-state index < -0.39 is 0 Å². The molecule has 0 aromatic carbocycles. The SMILES string of the molecule is NC=N[C@@H]1CCC[C@@H](O)C1. The number of aliphatic hydroxyl groups is 1. The van der Waals surface area contributed by atoms with Gasteiger partial charge in [-0.15, -0.1) is 0 Å². The van der Waals surface area contributed by atoms with Crippen LogP contribution in [0.2, 0.25) is 0 Å². The molecule has 1 aliphatic carbocycles. The van der Waals surface area contributed by atoms with Crippen molar-refractivity contribution in [2.24, 2.45) is 10.7 Å². The number of nitrogens with zero attached hydrogens (tertiary/aromatic N) is 1. The Bertz CT molecular complexity index is 125. The Kier molecular flexibility index (Phi) is 2.68. The standard InChI is InChI=1S/C7H14N2O/c8-5-9-6-2-1-3-7(10)4-6/h5-7,10H,1-4H2,(H2,8,9)/t6-,7-/m1/s1. The summed E-state index contributed by atoms with van der Waals surface area (Å²) in [5.41, 5.74) is 5.13. The first-order valence-electron chi connectivity index (χ1n) is 3.74. The maximum Gasteiger partial charge on any atom is 0.0801 e. The van der Waals surface area contributed by atoms with Crippen molar-refractivity contribution >= 4 is 6.34 Å². The van der Waals surface area contributed by atoms with E-state index in [0.717, 1.165) is 25.7 Å². The summed E-state index contributed by atoms with van der Waals surface area (Å²) in [4.78, 5) is 4.03. The largest absolute Gasteiger partial charge is 0.393 e. The third kappa shape index (κ3) is 1.99. The number of rotatable bonds is 1. The maximum atomic E-state index is 9.19. The van der Waals surface area contributed by atoms with Gasteiger partial charge in [-0.3, -0.25) is 4.99 Å². The van der Waals surface area contributed by atoms with Crippen molar-refractivity contribution in [2.45, 2.75) is 37.8 Å². The average Bonchev–Trinajstić information content (AvgIpc) is 1.88. The molecule has 0 bridgehead atoms. The van der Waals surface area contributed by atoms with Crippen LogP contribution in [-0.4, -0.2) is 23.6 Å². The molecule has 0 unspecified atom stereocenters. The molecule has 58 valence electrons. The lowest BCUT2D eigenvalue weighted by Crippen LogP contribution is -2.22. The molecule has 0 radical (unpaired) electrons. The smallest absolute Gasteiger partial charge is 0.0801 e. The fraction of sp³-hybridized carbons (Fsp3) is 0.857. The number of nitrogens with two attached hydrogens (primary N) is 1. The van der Waals surface area contributed by atoms with Gasteiger partial charge in [0.15, 0.2) is 0 Å². The third-order valence-corrected chi connectivity index (χ3v) is 1.92.